The fourth-order valence-corrected chi connectivity index (χ4v) is 5.38. The van der Waals surface area contributed by atoms with Crippen molar-refractivity contribution in [2.24, 2.45) is 0 Å². The lowest BCUT2D eigenvalue weighted by Gasteiger charge is -2.32. The third-order valence-electron chi connectivity index (χ3n) is 5.90. The van der Waals surface area contributed by atoms with Crippen molar-refractivity contribution in [2.75, 3.05) is 13.1 Å². The average molecular weight is 433 g/mol. The minimum atomic E-state index is -0.123. The van der Waals surface area contributed by atoms with Gasteiger partial charge >= 0.3 is 0 Å². The Kier molecular flexibility index (Phi) is 5.51. The Balaban J connectivity index is 1.20. The number of amides is 1. The summed E-state index contributed by atoms with van der Waals surface area (Å²) in [6, 6.07) is 15.5. The number of fused-ring (bicyclic) bond motifs is 2. The minimum Gasteiger partial charge on any atom is -0.342 e. The molecule has 1 amide bonds. The molecule has 0 unspecified atom stereocenters. The van der Waals surface area contributed by atoms with Gasteiger partial charge in [-0.1, -0.05) is 24.3 Å². The molecule has 1 fully saturated rings. The molecule has 2 aromatic carbocycles. The summed E-state index contributed by atoms with van der Waals surface area (Å²) in [4.78, 5) is 39.2. The van der Waals surface area contributed by atoms with Crippen LogP contribution in [0, 0.1) is 0 Å². The van der Waals surface area contributed by atoms with E-state index in [1.807, 2.05) is 41.3 Å². The van der Waals surface area contributed by atoms with Crippen LogP contribution in [-0.2, 0) is 11.2 Å². The Morgan fingerprint density at radius 1 is 1.10 bits per heavy atom. The molecule has 5 rings (SSSR count). The lowest BCUT2D eigenvalue weighted by atomic mass is 9.98. The van der Waals surface area contributed by atoms with Crippen LogP contribution < -0.4 is 5.56 Å². The van der Waals surface area contributed by atoms with Crippen molar-refractivity contribution in [1.82, 2.24) is 19.9 Å². The Morgan fingerprint density at radius 2 is 1.90 bits per heavy atom. The highest BCUT2D eigenvalue weighted by atomic mass is 32.1. The van der Waals surface area contributed by atoms with Crippen molar-refractivity contribution in [3.63, 3.8) is 0 Å². The van der Waals surface area contributed by atoms with E-state index < -0.39 is 0 Å². The number of hydrogen-bond acceptors (Lipinski definition) is 5. The molecular formula is C24H24N4O2S. The van der Waals surface area contributed by atoms with E-state index in [2.05, 4.69) is 16.0 Å². The summed E-state index contributed by atoms with van der Waals surface area (Å²) in [7, 11) is 0. The van der Waals surface area contributed by atoms with E-state index in [0.717, 1.165) is 36.5 Å². The third kappa shape index (κ3) is 4.23. The number of aryl methyl sites for hydroxylation is 1. The molecule has 0 aliphatic carbocycles. The molecule has 158 valence electrons. The van der Waals surface area contributed by atoms with Crippen LogP contribution in [0.2, 0.25) is 0 Å². The molecule has 7 heteroatoms. The maximum absolute atomic E-state index is 12.8. The van der Waals surface area contributed by atoms with E-state index in [0.29, 0.717) is 41.9 Å². The van der Waals surface area contributed by atoms with Gasteiger partial charge < -0.3 is 9.88 Å². The second kappa shape index (κ2) is 8.59. The van der Waals surface area contributed by atoms with Gasteiger partial charge in [0.25, 0.3) is 5.56 Å². The first kappa shape index (κ1) is 19.9. The van der Waals surface area contributed by atoms with Crippen LogP contribution in [0.3, 0.4) is 0 Å². The number of aromatic nitrogens is 3. The molecule has 31 heavy (non-hydrogen) atoms. The fraction of sp³-hybridized carbons (Fsp3) is 0.333. The van der Waals surface area contributed by atoms with Gasteiger partial charge in [0, 0.05) is 31.8 Å². The van der Waals surface area contributed by atoms with Gasteiger partial charge in [0.1, 0.15) is 5.82 Å². The standard InChI is InChI=1S/C24H24N4O2S/c29-22(13-5-12-21-25-18-9-2-1-8-17(18)23(30)27-21)28-14-6-7-16(15-28)24-26-19-10-3-4-11-20(19)31-24/h1-4,8-11,16H,5-7,12-15H2,(H,25,27,30)/t16-/m0/s1. The van der Waals surface area contributed by atoms with Crippen LogP contribution in [0.4, 0.5) is 0 Å². The summed E-state index contributed by atoms with van der Waals surface area (Å²) in [6.45, 7) is 1.55. The largest absolute Gasteiger partial charge is 0.342 e. The molecule has 1 N–H and O–H groups in total. The van der Waals surface area contributed by atoms with Crippen molar-refractivity contribution in [1.29, 1.82) is 0 Å². The molecule has 1 saturated heterocycles. The SMILES string of the molecule is O=C(CCCc1nc2ccccc2c(=O)[nH]1)N1CCC[C@H](c2nc3ccccc3s2)C1. The smallest absolute Gasteiger partial charge is 0.258 e. The minimum absolute atomic E-state index is 0.123. The first-order valence-corrected chi connectivity index (χ1v) is 11.6. The van der Waals surface area contributed by atoms with E-state index in [-0.39, 0.29) is 11.5 Å². The topological polar surface area (TPSA) is 79.0 Å². The highest BCUT2D eigenvalue weighted by Crippen LogP contribution is 2.33. The van der Waals surface area contributed by atoms with E-state index in [9.17, 15) is 9.59 Å². The number of likely N-dealkylation sites (tertiary alicyclic amines) is 1. The van der Waals surface area contributed by atoms with Gasteiger partial charge in [-0.05, 0) is 43.5 Å². The zero-order chi connectivity index (χ0) is 21.2. The lowest BCUT2D eigenvalue weighted by Crippen LogP contribution is -2.39. The highest BCUT2D eigenvalue weighted by Gasteiger charge is 2.26. The highest BCUT2D eigenvalue weighted by molar-refractivity contribution is 7.18. The first-order chi connectivity index (χ1) is 15.2. The first-order valence-electron chi connectivity index (χ1n) is 10.8. The molecule has 4 aromatic rings. The normalized spacial score (nSPS) is 16.8. The van der Waals surface area contributed by atoms with Gasteiger partial charge in [0.2, 0.25) is 5.91 Å². The summed E-state index contributed by atoms with van der Waals surface area (Å²) < 4.78 is 1.21. The van der Waals surface area contributed by atoms with Crippen LogP contribution in [0.25, 0.3) is 21.1 Å². The second-order valence-corrected chi connectivity index (χ2v) is 9.14. The van der Waals surface area contributed by atoms with E-state index in [4.69, 9.17) is 4.98 Å². The maximum Gasteiger partial charge on any atom is 0.258 e. The van der Waals surface area contributed by atoms with Crippen LogP contribution in [0.15, 0.2) is 53.3 Å². The second-order valence-electron chi connectivity index (χ2n) is 8.08. The fourth-order valence-electron chi connectivity index (χ4n) is 4.29. The average Bonchev–Trinajstić information content (AvgIpc) is 3.24. The number of thiazole rings is 1. The van der Waals surface area contributed by atoms with Crippen LogP contribution >= 0.6 is 11.3 Å². The van der Waals surface area contributed by atoms with E-state index >= 15 is 0 Å². The van der Waals surface area contributed by atoms with E-state index in [1.54, 1.807) is 17.4 Å². The number of piperidine rings is 1. The summed E-state index contributed by atoms with van der Waals surface area (Å²) in [5.41, 5.74) is 1.62. The number of carbonyl (C=O) groups is 1. The number of benzene rings is 2. The number of rotatable bonds is 5. The monoisotopic (exact) mass is 432 g/mol. The van der Waals surface area contributed by atoms with Gasteiger partial charge in [0.15, 0.2) is 0 Å². The Labute approximate surface area is 184 Å². The quantitative estimate of drug-likeness (QED) is 0.511. The van der Waals surface area contributed by atoms with Crippen molar-refractivity contribution in [2.45, 2.75) is 38.0 Å². The molecule has 0 spiro atoms. The van der Waals surface area contributed by atoms with Gasteiger partial charge in [-0.15, -0.1) is 11.3 Å². The zero-order valence-corrected chi connectivity index (χ0v) is 18.0. The summed E-state index contributed by atoms with van der Waals surface area (Å²) in [5.74, 6) is 1.13. The molecule has 2 aromatic heterocycles. The van der Waals surface area contributed by atoms with Gasteiger partial charge in [0.05, 0.1) is 26.1 Å². The van der Waals surface area contributed by atoms with Crippen LogP contribution in [0.1, 0.15) is 42.4 Å². The number of carbonyl (C=O) groups excluding carboxylic acids is 1. The Bertz CT molecular complexity index is 1260. The number of H-pyrrole nitrogens is 1. The van der Waals surface area contributed by atoms with Crippen LogP contribution in [-0.4, -0.2) is 38.8 Å². The summed E-state index contributed by atoms with van der Waals surface area (Å²) in [6.07, 6.45) is 3.80. The van der Waals surface area contributed by atoms with Crippen molar-refractivity contribution < 1.29 is 4.79 Å². The Hall–Kier alpha value is -3.06. The molecule has 3 heterocycles. The number of para-hydroxylation sites is 2. The molecule has 1 aliphatic rings. The van der Waals surface area contributed by atoms with Crippen molar-refractivity contribution in [3.05, 3.63) is 69.7 Å². The number of nitrogens with one attached hydrogen (secondary N) is 1. The summed E-state index contributed by atoms with van der Waals surface area (Å²) >= 11 is 1.74. The van der Waals surface area contributed by atoms with E-state index in [1.165, 1.54) is 4.70 Å². The predicted molar refractivity (Wildman–Crippen MR) is 123 cm³/mol. The molecule has 0 bridgehead atoms. The zero-order valence-electron chi connectivity index (χ0n) is 17.2. The Morgan fingerprint density at radius 3 is 2.77 bits per heavy atom. The number of nitrogens with zero attached hydrogens (tertiary/aromatic N) is 3. The van der Waals surface area contributed by atoms with Crippen molar-refractivity contribution in [3.8, 4) is 0 Å². The van der Waals surface area contributed by atoms with Gasteiger partial charge in [-0.25, -0.2) is 9.97 Å². The van der Waals surface area contributed by atoms with Crippen molar-refractivity contribution >= 4 is 38.4 Å². The molecule has 0 saturated carbocycles. The molecule has 1 atom stereocenters. The third-order valence-corrected chi connectivity index (χ3v) is 7.10. The molecule has 6 nitrogen and oxygen atoms in total. The van der Waals surface area contributed by atoms with Gasteiger partial charge in [-0.2, -0.15) is 0 Å². The van der Waals surface area contributed by atoms with Gasteiger partial charge in [-0.3, -0.25) is 9.59 Å². The number of aromatic amines is 1. The lowest BCUT2D eigenvalue weighted by molar-refractivity contribution is -0.132. The van der Waals surface area contributed by atoms with Crippen LogP contribution in [0.5, 0.6) is 0 Å². The molecule has 0 radical (unpaired) electrons. The molecular weight excluding hydrogens is 408 g/mol. The predicted octanol–water partition coefficient (Wildman–Crippen LogP) is 4.26. The maximum atomic E-state index is 12.8. The summed E-state index contributed by atoms with van der Waals surface area (Å²) in [5, 5.41) is 1.73. The number of hydrogen-bond donors (Lipinski definition) is 1. The molecule has 1 aliphatic heterocycles.